The number of nitrogens with one attached hydrogen (secondary N) is 1. The van der Waals surface area contributed by atoms with Crippen LogP contribution in [0.4, 0.5) is 4.79 Å². The van der Waals surface area contributed by atoms with Gasteiger partial charge in [-0.15, -0.1) is 0 Å². The summed E-state index contributed by atoms with van der Waals surface area (Å²) in [5.74, 6) is 0.729. The third-order valence-electron chi connectivity index (χ3n) is 3.00. The Morgan fingerprint density at radius 1 is 1.35 bits per heavy atom. The molecule has 23 heavy (non-hydrogen) atoms. The fraction of sp³-hybridized carbons (Fsp3) is 0.529. The van der Waals surface area contributed by atoms with E-state index >= 15 is 0 Å². The van der Waals surface area contributed by atoms with Crippen LogP contribution in [0.25, 0.3) is 0 Å². The average Bonchev–Trinajstić information content (AvgIpc) is 2.44. The van der Waals surface area contributed by atoms with Gasteiger partial charge in [-0.05, 0) is 51.3 Å². The predicted molar refractivity (Wildman–Crippen MR) is 86.6 cm³/mol. The molecular weight excluding hydrogens is 298 g/mol. The van der Waals surface area contributed by atoms with Crippen LogP contribution in [0.2, 0.25) is 0 Å². The summed E-state index contributed by atoms with van der Waals surface area (Å²) < 4.78 is 15.4. The Morgan fingerprint density at radius 2 is 2.04 bits per heavy atom. The van der Waals surface area contributed by atoms with E-state index in [1.165, 1.54) is 0 Å². The maximum absolute atomic E-state index is 11.9. The Morgan fingerprint density at radius 3 is 2.61 bits per heavy atom. The number of carbonyl (C=O) groups excluding carboxylic acids is 2. The molecule has 0 aromatic heterocycles. The number of hydrogen-bond donors (Lipinski definition) is 1. The number of aryl methyl sites for hydroxylation is 1. The van der Waals surface area contributed by atoms with Crippen LogP contribution in [0.3, 0.4) is 0 Å². The van der Waals surface area contributed by atoms with E-state index in [9.17, 15) is 9.59 Å². The quantitative estimate of drug-likeness (QED) is 0.781. The molecule has 128 valence electrons. The summed E-state index contributed by atoms with van der Waals surface area (Å²) in [5, 5.41) is 2.72. The Hall–Kier alpha value is -2.24. The van der Waals surface area contributed by atoms with Gasteiger partial charge in [-0.2, -0.15) is 0 Å². The summed E-state index contributed by atoms with van der Waals surface area (Å²) in [6, 6.07) is 5.40. The molecule has 0 spiro atoms. The predicted octanol–water partition coefficient (Wildman–Crippen LogP) is 2.61. The van der Waals surface area contributed by atoms with Gasteiger partial charge in [-0.25, -0.2) is 4.79 Å². The molecule has 0 fully saturated rings. The van der Waals surface area contributed by atoms with Crippen LogP contribution >= 0.6 is 0 Å². The Kier molecular flexibility index (Phi) is 6.88. The molecule has 1 unspecified atom stereocenters. The van der Waals surface area contributed by atoms with E-state index in [0.29, 0.717) is 12.9 Å². The van der Waals surface area contributed by atoms with Gasteiger partial charge in [0.25, 0.3) is 6.47 Å². The SMILES string of the molecule is COc1cc(C)ccc1CC(COC=O)NC(=O)OC(C)(C)C. The third-order valence-corrected chi connectivity index (χ3v) is 3.00. The summed E-state index contributed by atoms with van der Waals surface area (Å²) in [6.45, 7) is 7.74. The first-order chi connectivity index (χ1) is 10.7. The highest BCUT2D eigenvalue weighted by Crippen LogP contribution is 2.21. The van der Waals surface area contributed by atoms with E-state index in [-0.39, 0.29) is 6.61 Å². The molecule has 1 N–H and O–H groups in total. The first-order valence-corrected chi connectivity index (χ1v) is 7.43. The summed E-state index contributed by atoms with van der Waals surface area (Å²) in [6.07, 6.45) is -0.0978. The lowest BCUT2D eigenvalue weighted by Crippen LogP contribution is -2.42. The first-order valence-electron chi connectivity index (χ1n) is 7.43. The van der Waals surface area contributed by atoms with Crippen LogP contribution in [-0.4, -0.2) is 37.9 Å². The fourth-order valence-electron chi connectivity index (χ4n) is 2.07. The van der Waals surface area contributed by atoms with Gasteiger partial charge in [0.2, 0.25) is 0 Å². The Labute approximate surface area is 137 Å². The van der Waals surface area contributed by atoms with Gasteiger partial charge in [0.1, 0.15) is 18.0 Å². The topological polar surface area (TPSA) is 73.9 Å². The monoisotopic (exact) mass is 323 g/mol. The zero-order valence-corrected chi connectivity index (χ0v) is 14.3. The van der Waals surface area contributed by atoms with Crippen LogP contribution in [0.15, 0.2) is 18.2 Å². The van der Waals surface area contributed by atoms with Gasteiger partial charge < -0.3 is 19.5 Å². The van der Waals surface area contributed by atoms with E-state index in [0.717, 1.165) is 16.9 Å². The molecule has 1 aromatic carbocycles. The lowest BCUT2D eigenvalue weighted by atomic mass is 10.0. The third kappa shape index (κ3) is 7.04. The molecule has 1 rings (SSSR count). The summed E-state index contributed by atoms with van der Waals surface area (Å²) in [5.41, 5.74) is 1.39. The smallest absolute Gasteiger partial charge is 0.408 e. The van der Waals surface area contributed by atoms with Crippen LogP contribution in [0.5, 0.6) is 5.75 Å². The largest absolute Gasteiger partial charge is 0.496 e. The number of alkyl carbamates (subject to hydrolysis) is 1. The van der Waals surface area contributed by atoms with Crippen molar-refractivity contribution in [2.45, 2.75) is 45.8 Å². The number of methoxy groups -OCH3 is 1. The summed E-state index contributed by atoms with van der Waals surface area (Å²) >= 11 is 0. The Bertz CT molecular complexity index is 536. The number of ether oxygens (including phenoxy) is 3. The summed E-state index contributed by atoms with van der Waals surface area (Å²) in [7, 11) is 1.59. The number of benzene rings is 1. The molecule has 1 amide bonds. The Balaban J connectivity index is 2.82. The van der Waals surface area contributed by atoms with Gasteiger partial charge in [-0.1, -0.05) is 12.1 Å². The number of hydrogen-bond acceptors (Lipinski definition) is 5. The molecule has 0 aliphatic rings. The van der Waals surface area contributed by atoms with Gasteiger partial charge >= 0.3 is 6.09 Å². The van der Waals surface area contributed by atoms with Crippen LogP contribution in [-0.2, 0) is 20.7 Å². The van der Waals surface area contributed by atoms with Crippen molar-refractivity contribution in [1.29, 1.82) is 0 Å². The molecule has 6 nitrogen and oxygen atoms in total. The highest BCUT2D eigenvalue weighted by atomic mass is 16.6. The molecule has 0 aliphatic heterocycles. The van der Waals surface area contributed by atoms with Gasteiger partial charge in [0.05, 0.1) is 13.2 Å². The van der Waals surface area contributed by atoms with E-state index in [4.69, 9.17) is 14.2 Å². The van der Waals surface area contributed by atoms with Gasteiger partial charge in [0.15, 0.2) is 0 Å². The average molecular weight is 323 g/mol. The van der Waals surface area contributed by atoms with Crippen molar-refractivity contribution in [2.75, 3.05) is 13.7 Å². The maximum Gasteiger partial charge on any atom is 0.408 e. The second kappa shape index (κ2) is 8.41. The van der Waals surface area contributed by atoms with Crippen LogP contribution in [0.1, 0.15) is 31.9 Å². The van der Waals surface area contributed by atoms with Gasteiger partial charge in [0, 0.05) is 0 Å². The highest BCUT2D eigenvalue weighted by Gasteiger charge is 2.21. The lowest BCUT2D eigenvalue weighted by molar-refractivity contribution is -0.129. The van der Waals surface area contributed by atoms with Crippen molar-refractivity contribution in [1.82, 2.24) is 5.32 Å². The molecule has 0 heterocycles. The minimum atomic E-state index is -0.596. The minimum absolute atomic E-state index is 0.0553. The zero-order valence-electron chi connectivity index (χ0n) is 14.3. The first kappa shape index (κ1) is 18.8. The van der Waals surface area contributed by atoms with E-state index < -0.39 is 17.7 Å². The number of rotatable bonds is 7. The second-order valence-corrected chi connectivity index (χ2v) is 6.29. The maximum atomic E-state index is 11.9. The van der Waals surface area contributed by atoms with Crippen molar-refractivity contribution in [3.8, 4) is 5.75 Å². The molecule has 0 bridgehead atoms. The van der Waals surface area contributed by atoms with Gasteiger partial charge in [-0.3, -0.25) is 4.79 Å². The zero-order chi connectivity index (χ0) is 17.5. The second-order valence-electron chi connectivity index (χ2n) is 6.29. The minimum Gasteiger partial charge on any atom is -0.496 e. The molecule has 0 saturated heterocycles. The summed E-state index contributed by atoms with van der Waals surface area (Å²) in [4.78, 5) is 22.4. The van der Waals surface area contributed by atoms with Crippen LogP contribution in [0, 0.1) is 6.92 Å². The normalized spacial score (nSPS) is 12.2. The number of carbonyl (C=O) groups is 2. The molecule has 0 saturated carbocycles. The standard InChI is InChI=1S/C17H25NO5/c1-12-6-7-13(15(8-12)21-5)9-14(10-22-11-19)18-16(20)23-17(2,3)4/h6-8,11,14H,9-10H2,1-5H3,(H,18,20). The molecule has 0 aliphatic carbocycles. The van der Waals surface area contributed by atoms with Crippen molar-refractivity contribution in [3.05, 3.63) is 29.3 Å². The lowest BCUT2D eigenvalue weighted by Gasteiger charge is -2.23. The van der Waals surface area contributed by atoms with E-state index in [2.05, 4.69) is 5.32 Å². The molecule has 6 heteroatoms. The van der Waals surface area contributed by atoms with E-state index in [1.54, 1.807) is 27.9 Å². The molecule has 1 atom stereocenters. The van der Waals surface area contributed by atoms with Crippen molar-refractivity contribution >= 4 is 12.6 Å². The molecule has 0 radical (unpaired) electrons. The molecule has 1 aromatic rings. The van der Waals surface area contributed by atoms with Crippen LogP contribution < -0.4 is 10.1 Å². The fourth-order valence-corrected chi connectivity index (χ4v) is 2.07. The number of amides is 1. The van der Waals surface area contributed by atoms with E-state index in [1.807, 2.05) is 25.1 Å². The molecular formula is C17H25NO5. The highest BCUT2D eigenvalue weighted by molar-refractivity contribution is 5.68. The van der Waals surface area contributed by atoms with Crippen molar-refractivity contribution in [2.24, 2.45) is 0 Å². The van der Waals surface area contributed by atoms with Crippen molar-refractivity contribution < 1.29 is 23.8 Å². The van der Waals surface area contributed by atoms with Crippen molar-refractivity contribution in [3.63, 3.8) is 0 Å².